The van der Waals surface area contributed by atoms with Crippen LogP contribution in [-0.4, -0.2) is 31.7 Å². The van der Waals surface area contributed by atoms with Crippen molar-refractivity contribution in [2.24, 2.45) is 5.73 Å². The minimum absolute atomic E-state index is 0.308. The fourth-order valence-corrected chi connectivity index (χ4v) is 2.17. The lowest BCUT2D eigenvalue weighted by Gasteiger charge is -2.23. The molecule has 1 atom stereocenters. The number of unbranched alkanes of at least 4 members (excludes halogenated alkanes) is 1. The molecule has 0 radical (unpaired) electrons. The molecule has 1 aromatic rings. The molecule has 0 aliphatic rings. The largest absolute Gasteiger partial charge is 0.465 e. The van der Waals surface area contributed by atoms with Gasteiger partial charge in [0.25, 0.3) is 0 Å². The van der Waals surface area contributed by atoms with E-state index in [1.165, 1.54) is 11.3 Å². The van der Waals surface area contributed by atoms with Gasteiger partial charge in [-0.05, 0) is 52.2 Å². The van der Waals surface area contributed by atoms with Crippen LogP contribution in [0.2, 0.25) is 0 Å². The lowest BCUT2D eigenvalue weighted by Crippen LogP contribution is -2.46. The zero-order valence-electron chi connectivity index (χ0n) is 13.7. The van der Waals surface area contributed by atoms with Gasteiger partial charge in [0.2, 0.25) is 0 Å². The molecule has 4 nitrogen and oxygen atoms in total. The van der Waals surface area contributed by atoms with Gasteiger partial charge in [-0.2, -0.15) is 0 Å². The number of hydrogen-bond acceptors (Lipinski definition) is 4. The van der Waals surface area contributed by atoms with Crippen molar-refractivity contribution < 1.29 is 9.53 Å². The van der Waals surface area contributed by atoms with Crippen molar-refractivity contribution in [2.75, 3.05) is 25.1 Å². The molecule has 0 bridgehead atoms. The van der Waals surface area contributed by atoms with Crippen LogP contribution in [-0.2, 0) is 9.53 Å². The molecule has 4 heteroatoms. The second-order valence-electron chi connectivity index (χ2n) is 5.85. The highest BCUT2D eigenvalue weighted by atomic mass is 16.5. The lowest BCUT2D eigenvalue weighted by molar-refractivity contribution is -0.149. The first-order valence-corrected chi connectivity index (χ1v) is 7.60. The van der Waals surface area contributed by atoms with Gasteiger partial charge in [-0.15, -0.1) is 0 Å². The number of carbonyl (C=O) groups excluding carboxylic acids is 1. The Bertz CT molecular complexity index is 441. The summed E-state index contributed by atoms with van der Waals surface area (Å²) < 4.78 is 4.99. The molecule has 0 saturated heterocycles. The van der Waals surface area contributed by atoms with E-state index >= 15 is 0 Å². The molecular weight excluding hydrogens is 264 g/mol. The van der Waals surface area contributed by atoms with Crippen LogP contribution in [0, 0.1) is 6.92 Å². The number of nitrogens with zero attached hydrogens (tertiary/aromatic N) is 1. The SMILES string of the molecule is CCOC(=O)C(C)(N)CCCCN(C)c1ccc(C)cc1. The maximum atomic E-state index is 11.7. The molecule has 1 unspecified atom stereocenters. The quantitative estimate of drug-likeness (QED) is 0.591. The first kappa shape index (κ1) is 17.5. The number of carbonyl (C=O) groups is 1. The van der Waals surface area contributed by atoms with E-state index in [-0.39, 0.29) is 5.97 Å². The molecule has 1 aromatic carbocycles. The third-order valence-corrected chi connectivity index (χ3v) is 3.66. The number of rotatable bonds is 8. The van der Waals surface area contributed by atoms with E-state index in [9.17, 15) is 4.79 Å². The van der Waals surface area contributed by atoms with Crippen LogP contribution in [0.1, 0.15) is 38.7 Å². The highest BCUT2D eigenvalue weighted by Gasteiger charge is 2.29. The summed E-state index contributed by atoms with van der Waals surface area (Å²) in [6.07, 6.45) is 2.55. The predicted molar refractivity (Wildman–Crippen MR) is 87.5 cm³/mol. The van der Waals surface area contributed by atoms with E-state index in [1.54, 1.807) is 13.8 Å². The third kappa shape index (κ3) is 5.76. The Hall–Kier alpha value is -1.55. The van der Waals surface area contributed by atoms with Gasteiger partial charge >= 0.3 is 5.97 Å². The van der Waals surface area contributed by atoms with E-state index in [2.05, 4.69) is 43.1 Å². The van der Waals surface area contributed by atoms with Gasteiger partial charge in [0.1, 0.15) is 5.54 Å². The number of aryl methyl sites for hydroxylation is 1. The highest BCUT2D eigenvalue weighted by molar-refractivity contribution is 5.79. The van der Waals surface area contributed by atoms with Gasteiger partial charge in [-0.25, -0.2) is 0 Å². The molecule has 21 heavy (non-hydrogen) atoms. The number of nitrogens with two attached hydrogens (primary N) is 1. The number of benzene rings is 1. The molecule has 0 amide bonds. The van der Waals surface area contributed by atoms with Gasteiger partial charge < -0.3 is 15.4 Å². The summed E-state index contributed by atoms with van der Waals surface area (Å²) in [7, 11) is 2.08. The fraction of sp³-hybridized carbons (Fsp3) is 0.588. The van der Waals surface area contributed by atoms with Crippen molar-refractivity contribution in [3.05, 3.63) is 29.8 Å². The molecule has 0 aromatic heterocycles. The summed E-state index contributed by atoms with van der Waals surface area (Å²) in [6.45, 7) is 6.95. The van der Waals surface area contributed by atoms with Gasteiger partial charge in [-0.3, -0.25) is 4.79 Å². The average molecular weight is 292 g/mol. The summed E-state index contributed by atoms with van der Waals surface area (Å²) in [4.78, 5) is 13.9. The van der Waals surface area contributed by atoms with Gasteiger partial charge in [-0.1, -0.05) is 17.7 Å². The minimum Gasteiger partial charge on any atom is -0.465 e. The molecule has 118 valence electrons. The standard InChI is InChI=1S/C17H28N2O2/c1-5-21-16(20)17(3,18)12-6-7-13-19(4)15-10-8-14(2)9-11-15/h8-11H,5-7,12-13,18H2,1-4H3. The van der Waals surface area contributed by atoms with E-state index in [4.69, 9.17) is 10.5 Å². The Labute approximate surface area is 128 Å². The third-order valence-electron chi connectivity index (χ3n) is 3.66. The number of hydrogen-bond donors (Lipinski definition) is 1. The molecule has 0 aliphatic carbocycles. The Morgan fingerprint density at radius 1 is 1.29 bits per heavy atom. The van der Waals surface area contributed by atoms with Gasteiger partial charge in [0, 0.05) is 19.3 Å². The van der Waals surface area contributed by atoms with Crippen molar-refractivity contribution in [1.82, 2.24) is 0 Å². The smallest absolute Gasteiger partial charge is 0.325 e. The van der Waals surface area contributed by atoms with Crippen LogP contribution in [0.25, 0.3) is 0 Å². The topological polar surface area (TPSA) is 55.6 Å². The normalized spacial score (nSPS) is 13.6. The molecule has 2 N–H and O–H groups in total. The minimum atomic E-state index is -0.877. The summed E-state index contributed by atoms with van der Waals surface area (Å²) in [5, 5.41) is 0. The lowest BCUT2D eigenvalue weighted by atomic mass is 9.96. The molecule has 0 aliphatic heterocycles. The second kappa shape index (κ2) is 8.03. The van der Waals surface area contributed by atoms with Crippen LogP contribution >= 0.6 is 0 Å². The maximum absolute atomic E-state index is 11.7. The van der Waals surface area contributed by atoms with Gasteiger partial charge in [0.05, 0.1) is 6.61 Å². The Morgan fingerprint density at radius 2 is 1.90 bits per heavy atom. The van der Waals surface area contributed by atoms with Crippen molar-refractivity contribution in [3.63, 3.8) is 0 Å². The van der Waals surface area contributed by atoms with E-state index in [0.717, 1.165) is 19.4 Å². The molecule has 1 rings (SSSR count). The second-order valence-corrected chi connectivity index (χ2v) is 5.85. The molecule has 0 saturated carbocycles. The Kier molecular flexibility index (Phi) is 6.69. The Morgan fingerprint density at radius 3 is 2.48 bits per heavy atom. The van der Waals surface area contributed by atoms with Crippen molar-refractivity contribution in [2.45, 2.75) is 45.6 Å². The maximum Gasteiger partial charge on any atom is 0.325 e. The number of esters is 1. The molecule has 0 fully saturated rings. The van der Waals surface area contributed by atoms with Crippen molar-refractivity contribution in [1.29, 1.82) is 0 Å². The zero-order valence-corrected chi connectivity index (χ0v) is 13.7. The molecule has 0 spiro atoms. The monoisotopic (exact) mass is 292 g/mol. The fourth-order valence-electron chi connectivity index (χ4n) is 2.17. The summed E-state index contributed by atoms with van der Waals surface area (Å²) >= 11 is 0. The first-order chi connectivity index (χ1) is 9.86. The first-order valence-electron chi connectivity index (χ1n) is 7.60. The van der Waals surface area contributed by atoms with Crippen LogP contribution in [0.4, 0.5) is 5.69 Å². The van der Waals surface area contributed by atoms with Gasteiger partial charge in [0.15, 0.2) is 0 Å². The van der Waals surface area contributed by atoms with Crippen LogP contribution in [0.15, 0.2) is 24.3 Å². The molecular formula is C17H28N2O2. The van der Waals surface area contributed by atoms with E-state index < -0.39 is 5.54 Å². The predicted octanol–water partition coefficient (Wildman–Crippen LogP) is 2.88. The summed E-state index contributed by atoms with van der Waals surface area (Å²) in [6, 6.07) is 8.48. The highest BCUT2D eigenvalue weighted by Crippen LogP contribution is 2.16. The zero-order chi connectivity index (χ0) is 15.9. The van der Waals surface area contributed by atoms with E-state index in [0.29, 0.717) is 13.0 Å². The van der Waals surface area contributed by atoms with Crippen molar-refractivity contribution >= 4 is 11.7 Å². The van der Waals surface area contributed by atoms with Crippen LogP contribution in [0.5, 0.6) is 0 Å². The number of ether oxygens (including phenoxy) is 1. The summed E-state index contributed by atoms with van der Waals surface area (Å²) in [5.74, 6) is -0.308. The molecule has 0 heterocycles. The summed E-state index contributed by atoms with van der Waals surface area (Å²) in [5.41, 5.74) is 7.60. The average Bonchev–Trinajstić information content (AvgIpc) is 2.44. The van der Waals surface area contributed by atoms with Crippen LogP contribution < -0.4 is 10.6 Å². The van der Waals surface area contributed by atoms with Crippen molar-refractivity contribution in [3.8, 4) is 0 Å². The van der Waals surface area contributed by atoms with E-state index in [1.807, 2.05) is 0 Å². The number of anilines is 1. The Balaban J connectivity index is 2.33. The van der Waals surface area contributed by atoms with Crippen LogP contribution in [0.3, 0.4) is 0 Å².